The number of benzene rings is 1. The van der Waals surface area contributed by atoms with Crippen LogP contribution < -0.4 is 5.73 Å². The lowest BCUT2D eigenvalue weighted by Crippen LogP contribution is -2.48. The topological polar surface area (TPSA) is 69.7 Å². The van der Waals surface area contributed by atoms with Crippen molar-refractivity contribution < 1.29 is 20.7 Å². The van der Waals surface area contributed by atoms with E-state index in [0.29, 0.717) is 42.4 Å². The van der Waals surface area contributed by atoms with Crippen LogP contribution in [0, 0.1) is 17.2 Å². The summed E-state index contributed by atoms with van der Waals surface area (Å²) in [7, 11) is -2.50. The molecule has 0 amide bonds. The van der Waals surface area contributed by atoms with E-state index in [-0.39, 0.29) is 11.9 Å². The summed E-state index contributed by atoms with van der Waals surface area (Å²) in [5, 5.41) is 0. The largest absolute Gasteiger partial charge is 0.462 e. The summed E-state index contributed by atoms with van der Waals surface area (Å²) in [6.07, 6.45) is 4.23. The normalized spacial score (nSPS) is 37.7. The molecular weight excluding hydrogens is 369 g/mol. The summed E-state index contributed by atoms with van der Waals surface area (Å²) in [5.74, 6) is -0.593. The summed E-state index contributed by atoms with van der Waals surface area (Å²) in [5.41, 5.74) is 6.16. The predicted octanol–water partition coefficient (Wildman–Crippen LogP) is 3.81. The second kappa shape index (κ2) is 6.52. The third-order valence-electron chi connectivity index (χ3n) is 6.86. The minimum atomic E-state index is -2.50. The Hall–Kier alpha value is -2.47. The lowest BCUT2D eigenvalue weighted by Gasteiger charge is -2.47. The van der Waals surface area contributed by atoms with E-state index in [1.807, 2.05) is 13.0 Å². The van der Waals surface area contributed by atoms with E-state index in [1.54, 1.807) is 12.1 Å². The highest BCUT2D eigenvalue weighted by atomic mass is 19.1. The van der Waals surface area contributed by atoms with Gasteiger partial charge in [0.25, 0.3) is 6.02 Å². The fourth-order valence-electron chi connectivity index (χ4n) is 5.50. The number of nitrogens with zero attached hydrogens (tertiary/aromatic N) is 2. The van der Waals surface area contributed by atoms with Gasteiger partial charge in [-0.05, 0) is 60.4 Å². The second-order valence-electron chi connectivity index (χ2n) is 8.43. The van der Waals surface area contributed by atoms with Crippen molar-refractivity contribution in [3.8, 4) is 11.1 Å². The van der Waals surface area contributed by atoms with Gasteiger partial charge in [0.15, 0.2) is 0 Å². The summed E-state index contributed by atoms with van der Waals surface area (Å²) in [4.78, 5) is 8.65. The lowest BCUT2D eigenvalue weighted by atomic mass is 9.59. The Labute approximate surface area is 177 Å². The van der Waals surface area contributed by atoms with Crippen LogP contribution in [0.5, 0.6) is 0 Å². The zero-order valence-electron chi connectivity index (χ0n) is 21.1. The lowest BCUT2D eigenvalue weighted by molar-refractivity contribution is -0.0445. The molecule has 2 N–H and O–H groups in total. The van der Waals surface area contributed by atoms with Crippen molar-refractivity contribution >= 4 is 6.02 Å². The van der Waals surface area contributed by atoms with Crippen molar-refractivity contribution in [2.75, 3.05) is 13.6 Å². The average Bonchev–Trinajstić information content (AvgIpc) is 3.14. The minimum Gasteiger partial charge on any atom is -0.462 e. The first kappa shape index (κ1) is 13.7. The first-order valence-corrected chi connectivity index (χ1v) is 9.83. The minimum absolute atomic E-state index is 0.163. The number of amidine groups is 1. The number of ether oxygens (including phenoxy) is 2. The molecule has 29 heavy (non-hydrogen) atoms. The SMILES string of the molecule is [2H]C([2H])([2H])O[C@H]1CC[C@@]2(Cc3ccc(-c4cnccc4F)cc3[C@@]23N=C(N)OC3([2H])[2H])C[C@@H]1C. The van der Waals surface area contributed by atoms with Gasteiger partial charge >= 0.3 is 0 Å². The number of halogens is 1. The highest BCUT2D eigenvalue weighted by molar-refractivity contribution is 5.76. The molecule has 1 aliphatic heterocycles. The molecule has 0 bridgehead atoms. The van der Waals surface area contributed by atoms with Crippen LogP contribution in [0.3, 0.4) is 0 Å². The Morgan fingerprint density at radius 3 is 3.03 bits per heavy atom. The molecule has 1 aromatic carbocycles. The molecule has 2 aromatic rings. The van der Waals surface area contributed by atoms with E-state index in [0.717, 1.165) is 5.56 Å². The molecule has 2 spiro atoms. The summed E-state index contributed by atoms with van der Waals surface area (Å²) in [6, 6.07) is 6.49. The van der Waals surface area contributed by atoms with Crippen molar-refractivity contribution in [1.29, 1.82) is 0 Å². The van der Waals surface area contributed by atoms with Crippen molar-refractivity contribution in [2.24, 2.45) is 22.1 Å². The van der Waals surface area contributed by atoms with Crippen LogP contribution in [0.1, 0.15) is 44.2 Å². The molecule has 1 fully saturated rings. The molecule has 5 rings (SSSR count). The smallest absolute Gasteiger partial charge is 0.283 e. The Morgan fingerprint density at radius 1 is 1.41 bits per heavy atom. The van der Waals surface area contributed by atoms with E-state index >= 15 is 0 Å². The van der Waals surface area contributed by atoms with Crippen LogP contribution >= 0.6 is 0 Å². The molecular formula is C23H26FN3O2. The molecule has 3 aliphatic rings. The molecule has 152 valence electrons. The monoisotopic (exact) mass is 400 g/mol. The molecule has 0 saturated heterocycles. The van der Waals surface area contributed by atoms with Crippen molar-refractivity contribution in [2.45, 2.75) is 44.2 Å². The zero-order chi connectivity index (χ0) is 24.5. The molecule has 1 aromatic heterocycles. The van der Waals surface area contributed by atoms with Gasteiger partial charge in [0, 0.05) is 30.4 Å². The van der Waals surface area contributed by atoms with Gasteiger partial charge in [0.1, 0.15) is 17.9 Å². The third-order valence-corrected chi connectivity index (χ3v) is 6.86. The van der Waals surface area contributed by atoms with E-state index in [1.165, 1.54) is 18.5 Å². The Kier molecular flexibility index (Phi) is 3.08. The maximum atomic E-state index is 14.5. The van der Waals surface area contributed by atoms with Gasteiger partial charge in [-0.3, -0.25) is 4.98 Å². The van der Waals surface area contributed by atoms with Gasteiger partial charge in [-0.15, -0.1) is 0 Å². The maximum absolute atomic E-state index is 14.5. The number of hydrogen-bond acceptors (Lipinski definition) is 5. The third kappa shape index (κ3) is 2.61. The molecule has 6 heteroatoms. The maximum Gasteiger partial charge on any atom is 0.283 e. The first-order chi connectivity index (χ1) is 15.9. The Morgan fingerprint density at radius 2 is 2.31 bits per heavy atom. The summed E-state index contributed by atoms with van der Waals surface area (Å²) < 4.78 is 65.6. The van der Waals surface area contributed by atoms with Crippen LogP contribution in [-0.2, 0) is 21.4 Å². The summed E-state index contributed by atoms with van der Waals surface area (Å²) in [6.45, 7) is -0.325. The van der Waals surface area contributed by atoms with Crippen molar-refractivity contribution in [3.63, 3.8) is 0 Å². The second-order valence-corrected chi connectivity index (χ2v) is 8.43. The highest BCUT2D eigenvalue weighted by Gasteiger charge is 2.62. The molecule has 2 aliphatic carbocycles. The number of fused-ring (bicyclic) bond motifs is 3. The zero-order valence-corrected chi connectivity index (χ0v) is 16.1. The van der Waals surface area contributed by atoms with Gasteiger partial charge in [-0.25, -0.2) is 9.38 Å². The number of rotatable bonds is 2. The Bertz CT molecular complexity index is 1170. The molecule has 0 radical (unpaired) electrons. The number of nitrogens with two attached hydrogens (primary N) is 1. The van der Waals surface area contributed by atoms with Crippen LogP contribution in [0.2, 0.25) is 0 Å². The van der Waals surface area contributed by atoms with Crippen LogP contribution in [0.15, 0.2) is 41.7 Å². The van der Waals surface area contributed by atoms with Gasteiger partial charge in [-0.1, -0.05) is 19.1 Å². The van der Waals surface area contributed by atoms with Crippen LogP contribution in [-0.4, -0.2) is 30.7 Å². The van der Waals surface area contributed by atoms with Crippen LogP contribution in [0.4, 0.5) is 4.39 Å². The quantitative estimate of drug-likeness (QED) is 0.832. The van der Waals surface area contributed by atoms with Gasteiger partial charge < -0.3 is 15.2 Å². The fraction of sp³-hybridized carbons (Fsp3) is 0.478. The first-order valence-electron chi connectivity index (χ1n) is 12.3. The number of hydrogen-bond donors (Lipinski definition) is 1. The fourth-order valence-corrected chi connectivity index (χ4v) is 5.50. The Balaban J connectivity index is 1.63. The highest BCUT2D eigenvalue weighted by Crippen LogP contribution is 2.62. The van der Waals surface area contributed by atoms with Gasteiger partial charge in [0.2, 0.25) is 0 Å². The van der Waals surface area contributed by atoms with Crippen molar-refractivity contribution in [3.05, 3.63) is 53.6 Å². The number of methoxy groups -OCH3 is 1. The molecule has 1 saturated carbocycles. The van der Waals surface area contributed by atoms with E-state index in [9.17, 15) is 4.39 Å². The number of pyridine rings is 1. The van der Waals surface area contributed by atoms with E-state index in [4.69, 9.17) is 22.1 Å². The predicted molar refractivity (Wildman–Crippen MR) is 109 cm³/mol. The van der Waals surface area contributed by atoms with Gasteiger partial charge in [0.05, 0.1) is 13.0 Å². The van der Waals surface area contributed by atoms with E-state index in [2.05, 4.69) is 9.98 Å². The summed E-state index contributed by atoms with van der Waals surface area (Å²) >= 11 is 0. The number of aliphatic imine (C=N–C) groups is 1. The van der Waals surface area contributed by atoms with E-state index < -0.39 is 36.5 Å². The molecule has 5 nitrogen and oxygen atoms in total. The van der Waals surface area contributed by atoms with Crippen molar-refractivity contribution in [1.82, 2.24) is 4.98 Å². The molecule has 4 atom stereocenters. The number of aromatic nitrogens is 1. The standard InChI is InChI=1S/C23H26FN3O2/c1-14-10-22(7-5-20(14)28-2)11-16-4-3-15(17-12-26-8-6-19(17)24)9-18(16)23(22)13-29-21(25)27-23/h3-4,6,8-9,12,14,20H,5,7,10-11,13H2,1-2H3,(H2,25,27)/t14-,20-,22-,23+/m0/s1/i2D3,13D2. The van der Waals surface area contributed by atoms with Crippen LogP contribution in [0.25, 0.3) is 11.1 Å². The average molecular weight is 401 g/mol. The van der Waals surface area contributed by atoms with Gasteiger partial charge in [-0.2, -0.15) is 0 Å². The molecule has 0 unspecified atom stereocenters. The molecule has 2 heterocycles.